The van der Waals surface area contributed by atoms with Crippen molar-refractivity contribution in [2.45, 2.75) is 32.6 Å². The van der Waals surface area contributed by atoms with Crippen molar-refractivity contribution in [3.63, 3.8) is 0 Å². The fourth-order valence-electron chi connectivity index (χ4n) is 2.62. The molecule has 2 aromatic carbocycles. The second kappa shape index (κ2) is 12.8. The van der Waals surface area contributed by atoms with Gasteiger partial charge in [0.25, 0.3) is 0 Å². The number of methoxy groups -OCH3 is 2. The number of rotatable bonds is 11. The van der Waals surface area contributed by atoms with E-state index in [1.807, 2.05) is 30.3 Å². The first-order valence-corrected chi connectivity index (χ1v) is 9.94. The molecule has 0 aliphatic carbocycles. The van der Waals surface area contributed by atoms with Crippen LogP contribution in [0.2, 0.25) is 0 Å². The van der Waals surface area contributed by atoms with Crippen LogP contribution < -0.4 is 38.4 Å². The van der Waals surface area contributed by atoms with Gasteiger partial charge in [0.2, 0.25) is 0 Å². The standard InChI is InChI=1S/C21H27O4P.Li.H/c1-4-5-6-7-15-25-16-11-13-17(14-12-16)26-21(22)20-18(23-2)9-8-10-19(20)24-3;;/h8-14,26H,4-7,15H2,1-3H3;;/q;+1;-1. The summed E-state index contributed by atoms with van der Waals surface area (Å²) in [6.45, 7) is 2.93. The summed E-state index contributed by atoms with van der Waals surface area (Å²) in [4.78, 5) is 12.8. The first-order chi connectivity index (χ1) is 12.7. The summed E-state index contributed by atoms with van der Waals surface area (Å²) < 4.78 is 16.4. The molecule has 0 saturated heterocycles. The van der Waals surface area contributed by atoms with Crippen molar-refractivity contribution >= 4 is 19.4 Å². The summed E-state index contributed by atoms with van der Waals surface area (Å²) in [7, 11) is 3.11. The summed E-state index contributed by atoms with van der Waals surface area (Å²) in [5.41, 5.74) is 0.486. The minimum absolute atomic E-state index is 0. The molecule has 4 nitrogen and oxygen atoms in total. The van der Waals surface area contributed by atoms with Crippen molar-refractivity contribution in [3.05, 3.63) is 48.0 Å². The molecule has 1 atom stereocenters. The molecule has 0 aromatic heterocycles. The van der Waals surface area contributed by atoms with E-state index < -0.39 is 0 Å². The van der Waals surface area contributed by atoms with Crippen LogP contribution in [0.4, 0.5) is 0 Å². The van der Waals surface area contributed by atoms with Crippen molar-refractivity contribution in [1.29, 1.82) is 0 Å². The van der Waals surface area contributed by atoms with E-state index in [1.165, 1.54) is 19.3 Å². The van der Waals surface area contributed by atoms with Crippen LogP contribution in [0.5, 0.6) is 17.2 Å². The van der Waals surface area contributed by atoms with Gasteiger partial charge in [0.1, 0.15) is 22.8 Å². The Morgan fingerprint density at radius 1 is 0.963 bits per heavy atom. The van der Waals surface area contributed by atoms with Crippen LogP contribution in [0, 0.1) is 0 Å². The normalized spacial score (nSPS) is 10.5. The Morgan fingerprint density at radius 3 is 2.15 bits per heavy atom. The van der Waals surface area contributed by atoms with Gasteiger partial charge in [-0.15, -0.1) is 0 Å². The predicted octanol–water partition coefficient (Wildman–Crippen LogP) is 1.92. The summed E-state index contributed by atoms with van der Waals surface area (Å²) >= 11 is 0. The Balaban J connectivity index is 0.00000364. The van der Waals surface area contributed by atoms with Crippen LogP contribution in [-0.4, -0.2) is 26.4 Å². The van der Waals surface area contributed by atoms with Crippen molar-refractivity contribution < 1.29 is 39.3 Å². The van der Waals surface area contributed by atoms with E-state index in [1.54, 1.807) is 26.4 Å². The Bertz CT molecular complexity index is 688. The van der Waals surface area contributed by atoms with E-state index in [2.05, 4.69) is 6.92 Å². The van der Waals surface area contributed by atoms with Gasteiger partial charge >= 0.3 is 18.9 Å². The predicted molar refractivity (Wildman–Crippen MR) is 109 cm³/mol. The zero-order valence-corrected chi connectivity index (χ0v) is 17.7. The molecule has 2 rings (SSSR count). The third-order valence-corrected chi connectivity index (χ3v) is 5.13. The van der Waals surface area contributed by atoms with Gasteiger partial charge in [0.05, 0.1) is 20.8 Å². The number of unbranched alkanes of at least 4 members (excludes halogenated alkanes) is 3. The molecule has 0 bridgehead atoms. The molecule has 0 amide bonds. The average Bonchev–Trinajstić information content (AvgIpc) is 2.68. The number of hydrogen-bond acceptors (Lipinski definition) is 4. The third kappa shape index (κ3) is 7.22. The zero-order chi connectivity index (χ0) is 18.8. The van der Waals surface area contributed by atoms with Gasteiger partial charge in [-0.25, -0.2) is 0 Å². The quantitative estimate of drug-likeness (QED) is 0.338. The van der Waals surface area contributed by atoms with E-state index in [-0.39, 0.29) is 34.4 Å². The minimum atomic E-state index is -0.00691. The van der Waals surface area contributed by atoms with Gasteiger partial charge in [-0.05, 0) is 44.6 Å². The summed E-state index contributed by atoms with van der Waals surface area (Å²) in [6, 6.07) is 13.1. The third-order valence-electron chi connectivity index (χ3n) is 4.03. The molecule has 2 aromatic rings. The van der Waals surface area contributed by atoms with Crippen LogP contribution in [0.3, 0.4) is 0 Å². The fraction of sp³-hybridized carbons (Fsp3) is 0.381. The van der Waals surface area contributed by atoms with Gasteiger partial charge in [0, 0.05) is 0 Å². The molecule has 0 aliphatic heterocycles. The maximum Gasteiger partial charge on any atom is 1.00 e. The number of ether oxygens (including phenoxy) is 3. The molecule has 0 radical (unpaired) electrons. The number of carbonyl (C=O) groups excluding carboxylic acids is 1. The Morgan fingerprint density at radius 2 is 1.59 bits per heavy atom. The summed E-state index contributed by atoms with van der Waals surface area (Å²) in [5, 5.41) is 0.960. The second-order valence-electron chi connectivity index (χ2n) is 5.93. The van der Waals surface area contributed by atoms with Crippen LogP contribution in [0.25, 0.3) is 0 Å². The molecular formula is C21H28LiO4P. The second-order valence-corrected chi connectivity index (χ2v) is 7.21. The van der Waals surface area contributed by atoms with Gasteiger partial charge < -0.3 is 15.6 Å². The largest absolute Gasteiger partial charge is 1.00 e. The van der Waals surface area contributed by atoms with Crippen molar-refractivity contribution in [2.75, 3.05) is 20.8 Å². The van der Waals surface area contributed by atoms with E-state index >= 15 is 0 Å². The molecule has 6 heteroatoms. The SMILES string of the molecule is CCCCCCOc1ccc(PC(=O)c2c(OC)cccc2OC)cc1.[H-].[Li+]. The number of benzene rings is 2. The van der Waals surface area contributed by atoms with Crippen LogP contribution >= 0.6 is 8.58 Å². The van der Waals surface area contributed by atoms with Crippen LogP contribution in [-0.2, 0) is 0 Å². The minimum Gasteiger partial charge on any atom is -1.00 e. The first-order valence-electron chi connectivity index (χ1n) is 8.94. The first kappa shape index (κ1) is 23.6. The van der Waals surface area contributed by atoms with Gasteiger partial charge in [-0.1, -0.05) is 44.4 Å². The van der Waals surface area contributed by atoms with Crippen LogP contribution in [0.1, 0.15) is 44.4 Å². The molecule has 0 spiro atoms. The Hall–Kier alpha value is -1.46. The molecule has 0 fully saturated rings. The molecule has 0 aliphatic rings. The van der Waals surface area contributed by atoms with Crippen LogP contribution in [0.15, 0.2) is 42.5 Å². The smallest absolute Gasteiger partial charge is 1.00 e. The van der Waals surface area contributed by atoms with E-state index in [4.69, 9.17) is 14.2 Å². The van der Waals surface area contributed by atoms with Gasteiger partial charge in [-0.3, -0.25) is 4.79 Å². The molecule has 0 N–H and O–H groups in total. The monoisotopic (exact) mass is 382 g/mol. The van der Waals surface area contributed by atoms with Gasteiger partial charge in [0.15, 0.2) is 5.52 Å². The van der Waals surface area contributed by atoms with Gasteiger partial charge in [-0.2, -0.15) is 0 Å². The topological polar surface area (TPSA) is 44.8 Å². The maximum atomic E-state index is 12.8. The number of hydrogen-bond donors (Lipinski definition) is 0. The average molecular weight is 382 g/mol. The van der Waals surface area contributed by atoms with Crippen molar-refractivity contribution in [2.24, 2.45) is 0 Å². The van der Waals surface area contributed by atoms with Crippen molar-refractivity contribution in [1.82, 2.24) is 0 Å². The molecule has 0 heterocycles. The summed E-state index contributed by atoms with van der Waals surface area (Å²) in [5.74, 6) is 1.92. The Kier molecular flexibility index (Phi) is 11.2. The molecule has 142 valence electrons. The van der Waals surface area contributed by atoms with E-state index in [0.29, 0.717) is 17.1 Å². The molecule has 0 saturated carbocycles. The molecular weight excluding hydrogens is 354 g/mol. The fourth-order valence-corrected chi connectivity index (χ4v) is 3.59. The van der Waals surface area contributed by atoms with Crippen molar-refractivity contribution in [3.8, 4) is 17.2 Å². The molecule has 27 heavy (non-hydrogen) atoms. The number of carbonyl (C=O) groups is 1. The maximum absolute atomic E-state index is 12.8. The Labute approximate surface area is 177 Å². The van der Waals surface area contributed by atoms with E-state index in [9.17, 15) is 4.79 Å². The summed E-state index contributed by atoms with van der Waals surface area (Å²) in [6.07, 6.45) is 4.74. The van der Waals surface area contributed by atoms with E-state index in [0.717, 1.165) is 24.1 Å². The molecule has 1 unspecified atom stereocenters. The zero-order valence-electron chi connectivity index (χ0n) is 17.7.